The van der Waals surface area contributed by atoms with E-state index < -0.39 is 0 Å². The maximum Gasteiger partial charge on any atom is 0.153 e. The van der Waals surface area contributed by atoms with Crippen molar-refractivity contribution in [2.75, 3.05) is 7.11 Å². The maximum absolute atomic E-state index is 8.89. The summed E-state index contributed by atoms with van der Waals surface area (Å²) in [6.07, 6.45) is 1.79. The fraction of sp³-hybridized carbons (Fsp3) is 0.333. The van der Waals surface area contributed by atoms with Gasteiger partial charge in [-0.05, 0) is 12.1 Å². The predicted octanol–water partition coefficient (Wildman–Crippen LogP) is 0.368. The fourth-order valence-corrected chi connectivity index (χ4v) is 1.27. The molecular formula is C9H11N3O2. The van der Waals surface area contributed by atoms with Gasteiger partial charge in [0.1, 0.15) is 0 Å². The van der Waals surface area contributed by atoms with Gasteiger partial charge in [0.15, 0.2) is 5.65 Å². The largest absolute Gasteiger partial charge is 0.390 e. The van der Waals surface area contributed by atoms with Crippen LogP contribution in [0.25, 0.3) is 5.65 Å². The number of aliphatic hydroxyl groups is 1. The molecule has 0 fully saturated rings. The molecule has 0 aliphatic carbocycles. The van der Waals surface area contributed by atoms with Crippen LogP contribution in [0, 0.1) is 0 Å². The first-order valence-corrected chi connectivity index (χ1v) is 4.27. The standard InChI is InChI=1S/C9H11N3O2/c1-14-6-8-4-12-9(10-8)3-2-7(5-13)11-12/h2-4,13H,5-6H2,1H3. The molecule has 0 unspecified atom stereocenters. The van der Waals surface area contributed by atoms with Gasteiger partial charge in [-0.3, -0.25) is 0 Å². The molecule has 0 aromatic carbocycles. The Morgan fingerprint density at radius 1 is 1.43 bits per heavy atom. The van der Waals surface area contributed by atoms with Crippen LogP contribution in [0.15, 0.2) is 18.3 Å². The summed E-state index contributed by atoms with van der Waals surface area (Å²) in [5.74, 6) is 0. The summed E-state index contributed by atoms with van der Waals surface area (Å²) in [5.41, 5.74) is 2.21. The second kappa shape index (κ2) is 3.73. The predicted molar refractivity (Wildman–Crippen MR) is 49.6 cm³/mol. The van der Waals surface area contributed by atoms with Gasteiger partial charge in [0, 0.05) is 7.11 Å². The van der Waals surface area contributed by atoms with Crippen LogP contribution in [0.4, 0.5) is 0 Å². The minimum Gasteiger partial charge on any atom is -0.390 e. The van der Waals surface area contributed by atoms with Gasteiger partial charge in [-0.2, -0.15) is 5.10 Å². The van der Waals surface area contributed by atoms with E-state index in [1.54, 1.807) is 23.9 Å². The monoisotopic (exact) mass is 193 g/mol. The summed E-state index contributed by atoms with van der Waals surface area (Å²) in [4.78, 5) is 4.27. The number of imidazole rings is 1. The van der Waals surface area contributed by atoms with Crippen LogP contribution in [0.5, 0.6) is 0 Å². The maximum atomic E-state index is 8.89. The van der Waals surface area contributed by atoms with E-state index in [0.717, 1.165) is 11.3 Å². The van der Waals surface area contributed by atoms with Crippen LogP contribution in [-0.4, -0.2) is 26.8 Å². The summed E-state index contributed by atoms with van der Waals surface area (Å²) < 4.78 is 6.60. The zero-order valence-electron chi connectivity index (χ0n) is 7.84. The highest BCUT2D eigenvalue weighted by Crippen LogP contribution is 2.05. The van der Waals surface area contributed by atoms with Crippen LogP contribution in [0.1, 0.15) is 11.4 Å². The van der Waals surface area contributed by atoms with Crippen LogP contribution in [0.2, 0.25) is 0 Å². The molecule has 0 spiro atoms. The molecule has 0 aliphatic heterocycles. The third-order valence-corrected chi connectivity index (χ3v) is 1.88. The summed E-state index contributed by atoms with van der Waals surface area (Å²) in [7, 11) is 1.62. The number of fused-ring (bicyclic) bond motifs is 1. The molecule has 5 heteroatoms. The number of aliphatic hydroxyl groups excluding tert-OH is 1. The number of ether oxygens (including phenoxy) is 1. The number of aromatic nitrogens is 3. The summed E-state index contributed by atoms with van der Waals surface area (Å²) in [6.45, 7) is 0.408. The molecule has 74 valence electrons. The number of hydrogen-bond donors (Lipinski definition) is 1. The van der Waals surface area contributed by atoms with E-state index in [2.05, 4.69) is 10.1 Å². The van der Waals surface area contributed by atoms with Crippen LogP contribution >= 0.6 is 0 Å². The van der Waals surface area contributed by atoms with E-state index in [4.69, 9.17) is 9.84 Å². The molecule has 2 aromatic heterocycles. The third kappa shape index (κ3) is 1.59. The van der Waals surface area contributed by atoms with Gasteiger partial charge in [0.05, 0.1) is 30.8 Å². The number of hydrogen-bond acceptors (Lipinski definition) is 4. The van der Waals surface area contributed by atoms with Crippen molar-refractivity contribution in [1.82, 2.24) is 14.6 Å². The van der Waals surface area contributed by atoms with Gasteiger partial charge in [-0.1, -0.05) is 0 Å². The molecule has 0 amide bonds. The highest BCUT2D eigenvalue weighted by atomic mass is 16.5. The number of rotatable bonds is 3. The second-order valence-corrected chi connectivity index (χ2v) is 2.95. The minimum absolute atomic E-state index is 0.0618. The Morgan fingerprint density at radius 3 is 3.00 bits per heavy atom. The van der Waals surface area contributed by atoms with E-state index in [-0.39, 0.29) is 6.61 Å². The highest BCUT2D eigenvalue weighted by molar-refractivity contribution is 5.38. The highest BCUT2D eigenvalue weighted by Gasteiger charge is 2.02. The molecule has 0 saturated heterocycles. The smallest absolute Gasteiger partial charge is 0.153 e. The molecule has 2 aromatic rings. The van der Waals surface area contributed by atoms with Gasteiger partial charge in [0.2, 0.25) is 0 Å². The molecule has 0 aliphatic rings. The fourth-order valence-electron chi connectivity index (χ4n) is 1.27. The van der Waals surface area contributed by atoms with E-state index in [1.165, 1.54) is 0 Å². The van der Waals surface area contributed by atoms with E-state index in [1.807, 2.05) is 6.07 Å². The molecule has 0 saturated carbocycles. The molecule has 0 radical (unpaired) electrons. The lowest BCUT2D eigenvalue weighted by atomic mass is 10.4. The third-order valence-electron chi connectivity index (χ3n) is 1.88. The SMILES string of the molecule is COCc1cn2nc(CO)ccc2n1. The van der Waals surface area contributed by atoms with Crippen molar-refractivity contribution in [2.24, 2.45) is 0 Å². The molecule has 5 nitrogen and oxygen atoms in total. The Bertz CT molecular complexity index is 439. The Hall–Kier alpha value is -1.46. The molecule has 1 N–H and O–H groups in total. The molecule has 0 atom stereocenters. The van der Waals surface area contributed by atoms with Crippen molar-refractivity contribution < 1.29 is 9.84 Å². The van der Waals surface area contributed by atoms with Gasteiger partial charge >= 0.3 is 0 Å². The Labute approximate surface area is 81.0 Å². The summed E-state index contributed by atoms with van der Waals surface area (Å²) in [5, 5.41) is 13.0. The van der Waals surface area contributed by atoms with Crippen molar-refractivity contribution >= 4 is 5.65 Å². The van der Waals surface area contributed by atoms with Crippen LogP contribution in [0.3, 0.4) is 0 Å². The number of nitrogens with zero attached hydrogens (tertiary/aromatic N) is 3. The van der Waals surface area contributed by atoms with Crippen molar-refractivity contribution in [3.8, 4) is 0 Å². The van der Waals surface area contributed by atoms with E-state index in [0.29, 0.717) is 12.3 Å². The zero-order chi connectivity index (χ0) is 9.97. The quantitative estimate of drug-likeness (QED) is 0.765. The van der Waals surface area contributed by atoms with Crippen LogP contribution < -0.4 is 0 Å². The van der Waals surface area contributed by atoms with E-state index in [9.17, 15) is 0 Å². The van der Waals surface area contributed by atoms with Crippen molar-refractivity contribution in [1.29, 1.82) is 0 Å². The second-order valence-electron chi connectivity index (χ2n) is 2.95. The van der Waals surface area contributed by atoms with Crippen molar-refractivity contribution in [3.63, 3.8) is 0 Å². The summed E-state index contributed by atoms with van der Waals surface area (Å²) >= 11 is 0. The molecule has 2 rings (SSSR count). The molecule has 14 heavy (non-hydrogen) atoms. The summed E-state index contributed by atoms with van der Waals surface area (Å²) in [6, 6.07) is 3.57. The zero-order valence-corrected chi connectivity index (χ0v) is 7.84. The minimum atomic E-state index is -0.0618. The van der Waals surface area contributed by atoms with Crippen molar-refractivity contribution in [3.05, 3.63) is 29.7 Å². The lowest BCUT2D eigenvalue weighted by molar-refractivity contribution is 0.182. The van der Waals surface area contributed by atoms with Gasteiger partial charge < -0.3 is 9.84 Å². The molecule has 0 bridgehead atoms. The van der Waals surface area contributed by atoms with Gasteiger partial charge in [0.25, 0.3) is 0 Å². The van der Waals surface area contributed by atoms with Gasteiger partial charge in [-0.25, -0.2) is 9.50 Å². The Morgan fingerprint density at radius 2 is 2.29 bits per heavy atom. The first kappa shape index (κ1) is 9.11. The molecule has 2 heterocycles. The number of methoxy groups -OCH3 is 1. The van der Waals surface area contributed by atoms with E-state index >= 15 is 0 Å². The average Bonchev–Trinajstić information content (AvgIpc) is 2.59. The normalized spacial score (nSPS) is 11.0. The van der Waals surface area contributed by atoms with Crippen LogP contribution in [-0.2, 0) is 18.0 Å². The average molecular weight is 193 g/mol. The first-order chi connectivity index (χ1) is 6.83. The van der Waals surface area contributed by atoms with Crippen molar-refractivity contribution in [2.45, 2.75) is 13.2 Å². The topological polar surface area (TPSA) is 59.7 Å². The first-order valence-electron chi connectivity index (χ1n) is 4.27. The lowest BCUT2D eigenvalue weighted by Gasteiger charge is -1.94. The lowest BCUT2D eigenvalue weighted by Crippen LogP contribution is -1.95. The Balaban J connectivity index is 2.43. The Kier molecular flexibility index (Phi) is 2.43. The molecular weight excluding hydrogens is 182 g/mol. The van der Waals surface area contributed by atoms with Gasteiger partial charge in [-0.15, -0.1) is 0 Å².